The van der Waals surface area contributed by atoms with E-state index in [9.17, 15) is 22.4 Å². The van der Waals surface area contributed by atoms with E-state index in [0.717, 1.165) is 5.56 Å². The lowest BCUT2D eigenvalue weighted by Crippen LogP contribution is -2.29. The molecule has 0 saturated carbocycles. The summed E-state index contributed by atoms with van der Waals surface area (Å²) in [5, 5.41) is 0. The van der Waals surface area contributed by atoms with E-state index in [1.165, 1.54) is 17.0 Å². The monoisotopic (exact) mass is 289 g/mol. The summed E-state index contributed by atoms with van der Waals surface area (Å²) in [7, 11) is 0. The number of rotatable bonds is 3. The number of alkyl halides is 3. The smallest absolute Gasteiger partial charge is 0.342 e. The fourth-order valence-electron chi connectivity index (χ4n) is 2.40. The molecule has 0 aliphatic carbocycles. The summed E-state index contributed by atoms with van der Waals surface area (Å²) >= 11 is 0. The third-order valence-electron chi connectivity index (χ3n) is 3.50. The zero-order valence-corrected chi connectivity index (χ0v) is 10.8. The maximum Gasteiger partial charge on any atom is 0.389 e. The molecule has 1 saturated heterocycles. The van der Waals surface area contributed by atoms with Crippen LogP contribution in [-0.2, 0) is 4.79 Å². The van der Waals surface area contributed by atoms with Crippen molar-refractivity contribution in [2.24, 2.45) is 0 Å². The van der Waals surface area contributed by atoms with Gasteiger partial charge in [0, 0.05) is 25.4 Å². The Labute approximate surface area is 114 Å². The van der Waals surface area contributed by atoms with E-state index in [2.05, 4.69) is 0 Å². The molecule has 0 N–H and O–H groups in total. The van der Waals surface area contributed by atoms with Crippen molar-refractivity contribution in [2.45, 2.75) is 31.4 Å². The molecule has 1 fully saturated rings. The molecule has 2 nitrogen and oxygen atoms in total. The van der Waals surface area contributed by atoms with E-state index in [-0.39, 0.29) is 11.7 Å². The summed E-state index contributed by atoms with van der Waals surface area (Å²) in [5.74, 6) is -0.720. The molecular weight excluding hydrogens is 274 g/mol. The first kappa shape index (κ1) is 14.8. The fraction of sp³-hybridized carbons (Fsp3) is 0.500. The van der Waals surface area contributed by atoms with Gasteiger partial charge in [0.05, 0.1) is 6.42 Å². The van der Waals surface area contributed by atoms with Gasteiger partial charge in [0.2, 0.25) is 5.91 Å². The van der Waals surface area contributed by atoms with Crippen LogP contribution in [0.5, 0.6) is 0 Å². The van der Waals surface area contributed by atoms with Crippen molar-refractivity contribution in [1.82, 2.24) is 4.90 Å². The van der Waals surface area contributed by atoms with Crippen LogP contribution < -0.4 is 0 Å². The third kappa shape index (κ3) is 3.95. The molecule has 1 unspecified atom stereocenters. The van der Waals surface area contributed by atoms with Crippen LogP contribution in [0.4, 0.5) is 17.6 Å². The normalized spacial score (nSPS) is 19.4. The highest BCUT2D eigenvalue weighted by molar-refractivity contribution is 5.76. The SMILES string of the molecule is O=C(CCC(F)(F)F)N1CCC(c2ccc(F)cc2)C1. The van der Waals surface area contributed by atoms with Crippen LogP contribution in [0.15, 0.2) is 24.3 Å². The summed E-state index contributed by atoms with van der Waals surface area (Å²) in [5.41, 5.74) is 0.914. The molecule has 2 rings (SSSR count). The molecule has 1 aliphatic rings. The Bertz CT molecular complexity index is 469. The van der Waals surface area contributed by atoms with Crippen molar-refractivity contribution >= 4 is 5.91 Å². The first-order valence-corrected chi connectivity index (χ1v) is 6.45. The predicted molar refractivity (Wildman–Crippen MR) is 65.6 cm³/mol. The molecule has 0 bridgehead atoms. The minimum absolute atomic E-state index is 0.0745. The first-order valence-electron chi connectivity index (χ1n) is 6.45. The van der Waals surface area contributed by atoms with Crippen LogP contribution >= 0.6 is 0 Å². The van der Waals surface area contributed by atoms with Crippen LogP contribution in [0, 0.1) is 5.82 Å². The van der Waals surface area contributed by atoms with Gasteiger partial charge in [-0.15, -0.1) is 0 Å². The second-order valence-corrected chi connectivity index (χ2v) is 4.99. The number of nitrogens with zero attached hydrogens (tertiary/aromatic N) is 1. The Balaban J connectivity index is 1.88. The van der Waals surface area contributed by atoms with Crippen molar-refractivity contribution in [3.05, 3.63) is 35.6 Å². The fourth-order valence-corrected chi connectivity index (χ4v) is 2.40. The molecule has 1 aromatic rings. The molecule has 6 heteroatoms. The average Bonchev–Trinajstić information content (AvgIpc) is 2.85. The van der Waals surface area contributed by atoms with Gasteiger partial charge in [0.15, 0.2) is 0 Å². The quantitative estimate of drug-likeness (QED) is 0.780. The molecule has 1 atom stereocenters. The van der Waals surface area contributed by atoms with E-state index in [1.807, 2.05) is 0 Å². The topological polar surface area (TPSA) is 20.3 Å². The van der Waals surface area contributed by atoms with Gasteiger partial charge in [0.25, 0.3) is 0 Å². The van der Waals surface area contributed by atoms with Gasteiger partial charge in [-0.25, -0.2) is 4.39 Å². The third-order valence-corrected chi connectivity index (χ3v) is 3.50. The lowest BCUT2D eigenvalue weighted by molar-refractivity contribution is -0.148. The van der Waals surface area contributed by atoms with Gasteiger partial charge < -0.3 is 4.90 Å². The number of halogens is 4. The van der Waals surface area contributed by atoms with Gasteiger partial charge in [-0.3, -0.25) is 4.79 Å². The number of likely N-dealkylation sites (tertiary alicyclic amines) is 1. The van der Waals surface area contributed by atoms with Gasteiger partial charge in [-0.05, 0) is 24.1 Å². The second-order valence-electron chi connectivity index (χ2n) is 4.99. The van der Waals surface area contributed by atoms with Gasteiger partial charge in [0.1, 0.15) is 5.82 Å². The maximum atomic E-state index is 12.8. The van der Waals surface area contributed by atoms with E-state index >= 15 is 0 Å². The molecule has 20 heavy (non-hydrogen) atoms. The largest absolute Gasteiger partial charge is 0.389 e. The van der Waals surface area contributed by atoms with E-state index in [0.29, 0.717) is 19.5 Å². The number of amides is 1. The number of benzene rings is 1. The van der Waals surface area contributed by atoms with Crippen molar-refractivity contribution in [3.8, 4) is 0 Å². The molecule has 1 aliphatic heterocycles. The molecule has 0 spiro atoms. The maximum absolute atomic E-state index is 12.8. The highest BCUT2D eigenvalue weighted by Gasteiger charge is 2.32. The van der Waals surface area contributed by atoms with Crippen LogP contribution in [-0.4, -0.2) is 30.1 Å². The predicted octanol–water partition coefficient (Wildman–Crippen LogP) is 3.48. The lowest BCUT2D eigenvalue weighted by atomic mass is 9.99. The number of hydrogen-bond donors (Lipinski definition) is 0. The zero-order chi connectivity index (χ0) is 14.8. The van der Waals surface area contributed by atoms with Crippen molar-refractivity contribution < 1.29 is 22.4 Å². The summed E-state index contributed by atoms with van der Waals surface area (Å²) < 4.78 is 49.0. The van der Waals surface area contributed by atoms with Crippen LogP contribution in [0.3, 0.4) is 0 Å². The molecular formula is C14H15F4NO. The minimum atomic E-state index is -4.30. The van der Waals surface area contributed by atoms with Gasteiger partial charge in [-0.2, -0.15) is 13.2 Å². The number of hydrogen-bond acceptors (Lipinski definition) is 1. The van der Waals surface area contributed by atoms with Crippen molar-refractivity contribution in [3.63, 3.8) is 0 Å². The Kier molecular flexibility index (Phi) is 4.30. The number of carbonyl (C=O) groups excluding carboxylic acids is 1. The van der Waals surface area contributed by atoms with Crippen LogP contribution in [0.2, 0.25) is 0 Å². The number of carbonyl (C=O) groups is 1. The Morgan fingerprint density at radius 3 is 2.50 bits per heavy atom. The summed E-state index contributed by atoms with van der Waals surface area (Å²) in [6, 6.07) is 6.01. The molecule has 0 radical (unpaired) electrons. The van der Waals surface area contributed by atoms with Crippen LogP contribution in [0.25, 0.3) is 0 Å². The van der Waals surface area contributed by atoms with E-state index in [4.69, 9.17) is 0 Å². The van der Waals surface area contributed by atoms with Crippen molar-refractivity contribution in [2.75, 3.05) is 13.1 Å². The van der Waals surface area contributed by atoms with Crippen LogP contribution in [0.1, 0.15) is 30.7 Å². The van der Waals surface area contributed by atoms with E-state index in [1.54, 1.807) is 12.1 Å². The molecule has 1 aromatic carbocycles. The Morgan fingerprint density at radius 2 is 1.90 bits per heavy atom. The zero-order valence-electron chi connectivity index (χ0n) is 10.8. The molecule has 1 amide bonds. The molecule has 0 aromatic heterocycles. The first-order chi connectivity index (χ1) is 9.35. The highest BCUT2D eigenvalue weighted by Crippen LogP contribution is 2.29. The Hall–Kier alpha value is -1.59. The van der Waals surface area contributed by atoms with Crippen molar-refractivity contribution in [1.29, 1.82) is 0 Å². The standard InChI is InChI=1S/C14H15F4NO/c15-12-3-1-10(2-4-12)11-6-8-19(9-11)13(20)5-7-14(16,17)18/h1-4,11H,5-9H2. The second kappa shape index (κ2) is 5.81. The summed E-state index contributed by atoms with van der Waals surface area (Å²) in [6.07, 6.45) is -5.18. The highest BCUT2D eigenvalue weighted by atomic mass is 19.4. The summed E-state index contributed by atoms with van der Waals surface area (Å²) in [6.45, 7) is 0.862. The molecule has 1 heterocycles. The molecule has 110 valence electrons. The van der Waals surface area contributed by atoms with Gasteiger partial charge in [-0.1, -0.05) is 12.1 Å². The minimum Gasteiger partial charge on any atom is -0.342 e. The lowest BCUT2D eigenvalue weighted by Gasteiger charge is -2.17. The summed E-state index contributed by atoms with van der Waals surface area (Å²) in [4.78, 5) is 13.1. The average molecular weight is 289 g/mol. The van der Waals surface area contributed by atoms with E-state index < -0.39 is 24.9 Å². The Morgan fingerprint density at radius 1 is 1.25 bits per heavy atom. The van der Waals surface area contributed by atoms with Gasteiger partial charge >= 0.3 is 6.18 Å².